The van der Waals surface area contributed by atoms with Crippen LogP contribution >= 0.6 is 0 Å². The van der Waals surface area contributed by atoms with Gasteiger partial charge in [0, 0.05) is 25.2 Å². The molecule has 1 aliphatic carbocycles. The number of rotatable bonds is 4. The first-order chi connectivity index (χ1) is 8.80. The zero-order valence-corrected chi connectivity index (χ0v) is 13.2. The van der Waals surface area contributed by atoms with Crippen molar-refractivity contribution in [3.05, 3.63) is 0 Å². The maximum absolute atomic E-state index is 10.7. The first kappa shape index (κ1) is 15.3. The largest absolute Gasteiger partial charge is 0.389 e. The molecule has 2 N–H and O–H groups in total. The Labute approximate surface area is 118 Å². The summed E-state index contributed by atoms with van der Waals surface area (Å²) in [5, 5.41) is 14.3. The molecule has 19 heavy (non-hydrogen) atoms. The lowest BCUT2D eigenvalue weighted by Gasteiger charge is -2.40. The van der Waals surface area contributed by atoms with Gasteiger partial charge >= 0.3 is 0 Å². The van der Waals surface area contributed by atoms with E-state index in [1.165, 1.54) is 13.0 Å². The minimum Gasteiger partial charge on any atom is -0.389 e. The molecule has 0 spiro atoms. The van der Waals surface area contributed by atoms with Gasteiger partial charge in [-0.25, -0.2) is 0 Å². The molecule has 2 fully saturated rings. The van der Waals surface area contributed by atoms with Crippen molar-refractivity contribution in [1.29, 1.82) is 0 Å². The Hall–Kier alpha value is -0.120. The van der Waals surface area contributed by atoms with Crippen LogP contribution in [0.4, 0.5) is 0 Å². The van der Waals surface area contributed by atoms with E-state index in [2.05, 4.69) is 37.9 Å². The number of nitrogens with zero attached hydrogens (tertiary/aromatic N) is 1. The van der Waals surface area contributed by atoms with E-state index >= 15 is 0 Å². The maximum Gasteiger partial charge on any atom is 0.0772 e. The van der Waals surface area contributed by atoms with Crippen LogP contribution in [0.1, 0.15) is 59.8 Å². The van der Waals surface area contributed by atoms with E-state index in [1.54, 1.807) is 0 Å². The predicted molar refractivity (Wildman–Crippen MR) is 80.3 cm³/mol. The van der Waals surface area contributed by atoms with Crippen molar-refractivity contribution < 1.29 is 5.11 Å². The molecule has 1 atom stereocenters. The lowest BCUT2D eigenvalue weighted by Crippen LogP contribution is -2.48. The van der Waals surface area contributed by atoms with Crippen molar-refractivity contribution in [2.24, 2.45) is 5.41 Å². The van der Waals surface area contributed by atoms with Crippen LogP contribution in [0, 0.1) is 5.41 Å². The molecule has 1 saturated heterocycles. The van der Waals surface area contributed by atoms with E-state index in [0.717, 1.165) is 38.8 Å². The number of hydrogen-bond acceptors (Lipinski definition) is 3. The fourth-order valence-electron chi connectivity index (χ4n) is 3.33. The van der Waals surface area contributed by atoms with Crippen molar-refractivity contribution >= 4 is 0 Å². The van der Waals surface area contributed by atoms with Gasteiger partial charge in [0.25, 0.3) is 0 Å². The molecule has 3 nitrogen and oxygen atoms in total. The van der Waals surface area contributed by atoms with Crippen LogP contribution in [0.25, 0.3) is 0 Å². The van der Waals surface area contributed by atoms with E-state index < -0.39 is 5.60 Å². The van der Waals surface area contributed by atoms with Crippen LogP contribution in [-0.2, 0) is 0 Å². The standard InChI is InChI=1S/C16H32N2O/c1-13(2)18-10-5-14(11-18)17-12-16(19)8-6-15(3,4)7-9-16/h13-14,17,19H,5-12H2,1-4H3. The van der Waals surface area contributed by atoms with E-state index in [-0.39, 0.29) is 0 Å². The second-order valence-electron chi connectivity index (χ2n) is 7.84. The molecule has 3 heteroatoms. The van der Waals surface area contributed by atoms with Gasteiger partial charge in [0.2, 0.25) is 0 Å². The van der Waals surface area contributed by atoms with Crippen LogP contribution in [0.5, 0.6) is 0 Å². The van der Waals surface area contributed by atoms with Crippen LogP contribution in [-0.4, -0.2) is 47.3 Å². The molecule has 2 aliphatic rings. The van der Waals surface area contributed by atoms with Gasteiger partial charge in [0.05, 0.1) is 5.60 Å². The smallest absolute Gasteiger partial charge is 0.0772 e. The van der Waals surface area contributed by atoms with E-state index in [4.69, 9.17) is 0 Å². The summed E-state index contributed by atoms with van der Waals surface area (Å²) in [5.41, 5.74) is -0.0329. The molecule has 112 valence electrons. The maximum atomic E-state index is 10.7. The number of nitrogens with one attached hydrogen (secondary N) is 1. The summed E-state index contributed by atoms with van der Waals surface area (Å²) in [6.07, 6.45) is 5.42. The molecule has 0 aromatic carbocycles. The zero-order valence-electron chi connectivity index (χ0n) is 13.2. The van der Waals surface area contributed by atoms with E-state index in [1.807, 2.05) is 0 Å². The Bertz CT molecular complexity index is 291. The summed E-state index contributed by atoms with van der Waals surface area (Å²) in [4.78, 5) is 2.52. The molecular weight excluding hydrogens is 236 g/mol. The quantitative estimate of drug-likeness (QED) is 0.822. The minimum absolute atomic E-state index is 0.425. The van der Waals surface area contributed by atoms with Crippen molar-refractivity contribution in [2.75, 3.05) is 19.6 Å². The third kappa shape index (κ3) is 4.17. The summed E-state index contributed by atoms with van der Waals surface area (Å²) >= 11 is 0. The van der Waals surface area contributed by atoms with Crippen LogP contribution in [0.15, 0.2) is 0 Å². The molecule has 1 aliphatic heterocycles. The number of hydrogen-bond donors (Lipinski definition) is 2. The molecule has 2 rings (SSSR count). The van der Waals surface area contributed by atoms with Gasteiger partial charge in [-0.05, 0) is 57.9 Å². The summed E-state index contributed by atoms with van der Waals surface area (Å²) in [6.45, 7) is 12.3. The summed E-state index contributed by atoms with van der Waals surface area (Å²) < 4.78 is 0. The summed E-state index contributed by atoms with van der Waals surface area (Å²) in [6, 6.07) is 1.21. The molecule has 1 heterocycles. The van der Waals surface area contributed by atoms with Gasteiger partial charge in [0.15, 0.2) is 0 Å². The molecule has 0 radical (unpaired) electrons. The van der Waals surface area contributed by atoms with Crippen molar-refractivity contribution in [2.45, 2.75) is 77.5 Å². The zero-order chi connectivity index (χ0) is 14.1. The highest BCUT2D eigenvalue weighted by Crippen LogP contribution is 2.39. The van der Waals surface area contributed by atoms with Gasteiger partial charge in [0.1, 0.15) is 0 Å². The van der Waals surface area contributed by atoms with Crippen molar-refractivity contribution in [3.63, 3.8) is 0 Å². The number of aliphatic hydroxyl groups is 1. The highest BCUT2D eigenvalue weighted by atomic mass is 16.3. The Morgan fingerprint density at radius 3 is 2.37 bits per heavy atom. The van der Waals surface area contributed by atoms with Gasteiger partial charge in [-0.3, -0.25) is 4.90 Å². The topological polar surface area (TPSA) is 35.5 Å². The Morgan fingerprint density at radius 1 is 1.21 bits per heavy atom. The fraction of sp³-hybridized carbons (Fsp3) is 1.00. The number of likely N-dealkylation sites (tertiary alicyclic amines) is 1. The third-order valence-electron chi connectivity index (χ3n) is 5.20. The van der Waals surface area contributed by atoms with Gasteiger partial charge < -0.3 is 10.4 Å². The van der Waals surface area contributed by atoms with Gasteiger partial charge in [-0.2, -0.15) is 0 Å². The average molecular weight is 268 g/mol. The molecule has 0 aromatic rings. The van der Waals surface area contributed by atoms with E-state index in [9.17, 15) is 5.11 Å². The lowest BCUT2D eigenvalue weighted by atomic mass is 9.71. The summed E-state index contributed by atoms with van der Waals surface area (Å²) in [5.74, 6) is 0. The fourth-order valence-corrected chi connectivity index (χ4v) is 3.33. The third-order valence-corrected chi connectivity index (χ3v) is 5.20. The highest BCUT2D eigenvalue weighted by molar-refractivity contribution is 4.92. The monoisotopic (exact) mass is 268 g/mol. The normalized spacial score (nSPS) is 30.9. The molecule has 1 unspecified atom stereocenters. The average Bonchev–Trinajstić information content (AvgIpc) is 2.80. The van der Waals surface area contributed by atoms with Gasteiger partial charge in [-0.1, -0.05) is 13.8 Å². The summed E-state index contributed by atoms with van der Waals surface area (Å²) in [7, 11) is 0. The molecule has 0 bridgehead atoms. The second-order valence-corrected chi connectivity index (χ2v) is 7.84. The molecular formula is C16H32N2O. The van der Waals surface area contributed by atoms with E-state index in [0.29, 0.717) is 17.5 Å². The first-order valence-electron chi connectivity index (χ1n) is 8.00. The van der Waals surface area contributed by atoms with Crippen molar-refractivity contribution in [1.82, 2.24) is 10.2 Å². The molecule has 0 aromatic heterocycles. The van der Waals surface area contributed by atoms with Gasteiger partial charge in [-0.15, -0.1) is 0 Å². The minimum atomic E-state index is -0.458. The van der Waals surface area contributed by atoms with Crippen molar-refractivity contribution in [3.8, 4) is 0 Å². The Kier molecular flexibility index (Phi) is 4.59. The highest BCUT2D eigenvalue weighted by Gasteiger charge is 2.37. The predicted octanol–water partition coefficient (Wildman–Crippen LogP) is 2.39. The van der Waals surface area contributed by atoms with Crippen LogP contribution < -0.4 is 5.32 Å². The lowest BCUT2D eigenvalue weighted by molar-refractivity contribution is -0.0259. The van der Waals surface area contributed by atoms with Crippen LogP contribution in [0.2, 0.25) is 0 Å². The second kappa shape index (κ2) is 5.71. The Balaban J connectivity index is 1.74. The SMILES string of the molecule is CC(C)N1CCC(NCC2(O)CCC(C)(C)CC2)C1. The molecule has 1 saturated carbocycles. The first-order valence-corrected chi connectivity index (χ1v) is 8.00. The molecule has 0 amide bonds. The Morgan fingerprint density at radius 2 is 1.84 bits per heavy atom. The van der Waals surface area contributed by atoms with Crippen LogP contribution in [0.3, 0.4) is 0 Å².